The Morgan fingerprint density at radius 2 is 1.93 bits per heavy atom. The van der Waals surface area contributed by atoms with E-state index >= 15 is 0 Å². The summed E-state index contributed by atoms with van der Waals surface area (Å²) in [6.45, 7) is 2.16. The van der Waals surface area contributed by atoms with Crippen LogP contribution in [-0.4, -0.2) is 5.11 Å². The molecule has 0 amide bonds. The van der Waals surface area contributed by atoms with Crippen molar-refractivity contribution in [3.05, 3.63) is 35.9 Å². The van der Waals surface area contributed by atoms with Crippen LogP contribution in [0.3, 0.4) is 0 Å². The highest BCUT2D eigenvalue weighted by Gasteiger charge is 2.24. The molecule has 15 heavy (non-hydrogen) atoms. The molecule has 0 spiro atoms. The summed E-state index contributed by atoms with van der Waals surface area (Å²) in [5.74, 6) is 1.26. The molecule has 0 bridgehead atoms. The fraction of sp³-hybridized carbons (Fsp3) is 0.571. The smallest absolute Gasteiger partial charge is 0.0815 e. The van der Waals surface area contributed by atoms with Gasteiger partial charge in [-0.25, -0.2) is 0 Å². The van der Waals surface area contributed by atoms with Gasteiger partial charge >= 0.3 is 0 Å². The van der Waals surface area contributed by atoms with Crippen molar-refractivity contribution >= 4 is 0 Å². The first-order valence-corrected chi connectivity index (χ1v) is 6.00. The second-order valence-corrected chi connectivity index (χ2v) is 4.87. The lowest BCUT2D eigenvalue weighted by molar-refractivity contribution is 0.0903. The van der Waals surface area contributed by atoms with E-state index in [1.165, 1.54) is 25.7 Å². The molecule has 1 N–H and O–H groups in total. The Kier molecular flexibility index (Phi) is 3.42. The maximum Gasteiger partial charge on any atom is 0.0815 e. The molecular formula is C14H20O. The van der Waals surface area contributed by atoms with E-state index in [1.807, 2.05) is 30.3 Å². The zero-order valence-electron chi connectivity index (χ0n) is 9.39. The van der Waals surface area contributed by atoms with Gasteiger partial charge in [0.1, 0.15) is 0 Å². The summed E-state index contributed by atoms with van der Waals surface area (Å²) in [7, 11) is 0. The van der Waals surface area contributed by atoms with E-state index in [-0.39, 0.29) is 6.10 Å². The quantitative estimate of drug-likeness (QED) is 0.795. The van der Waals surface area contributed by atoms with Gasteiger partial charge in [0.15, 0.2) is 0 Å². The molecule has 1 aliphatic carbocycles. The van der Waals surface area contributed by atoms with E-state index in [9.17, 15) is 5.11 Å². The molecule has 0 heterocycles. The lowest BCUT2D eigenvalue weighted by Crippen LogP contribution is -2.18. The van der Waals surface area contributed by atoms with Crippen LogP contribution in [0, 0.1) is 11.8 Å². The Morgan fingerprint density at radius 3 is 2.47 bits per heavy atom. The van der Waals surface area contributed by atoms with E-state index in [0.717, 1.165) is 11.5 Å². The van der Waals surface area contributed by atoms with Crippen molar-refractivity contribution in [2.24, 2.45) is 11.8 Å². The molecule has 1 saturated carbocycles. The molecular weight excluding hydrogens is 184 g/mol. The number of aliphatic hydroxyl groups is 1. The van der Waals surface area contributed by atoms with Crippen LogP contribution < -0.4 is 0 Å². The predicted molar refractivity (Wildman–Crippen MR) is 62.5 cm³/mol. The highest BCUT2D eigenvalue weighted by Crippen LogP contribution is 2.36. The summed E-state index contributed by atoms with van der Waals surface area (Å²) in [6.07, 6.45) is 5.01. The first-order valence-electron chi connectivity index (χ1n) is 6.00. The van der Waals surface area contributed by atoms with Crippen molar-refractivity contribution in [2.75, 3.05) is 0 Å². The van der Waals surface area contributed by atoms with E-state index in [2.05, 4.69) is 6.92 Å². The Bertz CT molecular complexity index is 289. The van der Waals surface area contributed by atoms with Gasteiger partial charge in [-0.1, -0.05) is 56.5 Å². The lowest BCUT2D eigenvalue weighted by atomic mass is 9.77. The molecule has 0 aliphatic heterocycles. The average molecular weight is 204 g/mol. The van der Waals surface area contributed by atoms with Crippen LogP contribution in [0.1, 0.15) is 44.3 Å². The Morgan fingerprint density at radius 1 is 1.27 bits per heavy atom. The van der Waals surface area contributed by atoms with Gasteiger partial charge in [0.05, 0.1) is 6.10 Å². The molecule has 2 unspecified atom stereocenters. The molecule has 1 nitrogen and oxygen atoms in total. The molecule has 1 aromatic rings. The predicted octanol–water partition coefficient (Wildman–Crippen LogP) is 3.55. The van der Waals surface area contributed by atoms with E-state index in [1.54, 1.807) is 0 Å². The molecule has 1 heteroatoms. The molecule has 0 radical (unpaired) electrons. The third-order valence-corrected chi connectivity index (χ3v) is 3.61. The second kappa shape index (κ2) is 4.80. The zero-order valence-corrected chi connectivity index (χ0v) is 9.39. The van der Waals surface area contributed by atoms with Gasteiger partial charge in [0.2, 0.25) is 0 Å². The summed E-state index contributed by atoms with van der Waals surface area (Å²) in [5, 5.41) is 10.2. The van der Waals surface area contributed by atoms with Crippen LogP contribution in [0.5, 0.6) is 0 Å². The molecule has 1 fully saturated rings. The zero-order chi connectivity index (χ0) is 10.7. The Labute approximate surface area is 92.1 Å². The van der Waals surface area contributed by atoms with Crippen molar-refractivity contribution in [2.45, 2.75) is 38.7 Å². The number of hydrogen-bond acceptors (Lipinski definition) is 1. The minimum Gasteiger partial charge on any atom is -0.388 e. The van der Waals surface area contributed by atoms with Gasteiger partial charge in [0, 0.05) is 0 Å². The highest BCUT2D eigenvalue weighted by molar-refractivity contribution is 5.17. The van der Waals surface area contributed by atoms with E-state index in [0.29, 0.717) is 5.92 Å². The van der Waals surface area contributed by atoms with Crippen molar-refractivity contribution in [1.29, 1.82) is 0 Å². The monoisotopic (exact) mass is 204 g/mol. The molecule has 0 aromatic heterocycles. The van der Waals surface area contributed by atoms with Crippen molar-refractivity contribution < 1.29 is 5.11 Å². The number of rotatable bonds is 4. The van der Waals surface area contributed by atoms with Crippen LogP contribution in [0.2, 0.25) is 0 Å². The maximum atomic E-state index is 10.2. The summed E-state index contributed by atoms with van der Waals surface area (Å²) < 4.78 is 0. The van der Waals surface area contributed by atoms with Crippen LogP contribution >= 0.6 is 0 Å². The summed E-state index contributed by atoms with van der Waals surface area (Å²) >= 11 is 0. The standard InChI is InChI=1S/C14H20O/c1-11(10-12-6-5-7-12)14(15)13-8-3-2-4-9-13/h2-4,8-9,11-12,14-15H,5-7,10H2,1H3. The van der Waals surface area contributed by atoms with Crippen LogP contribution in [0.4, 0.5) is 0 Å². The fourth-order valence-electron chi connectivity index (χ4n) is 2.36. The largest absolute Gasteiger partial charge is 0.388 e. The molecule has 1 aliphatic rings. The molecule has 82 valence electrons. The van der Waals surface area contributed by atoms with Crippen molar-refractivity contribution in [3.63, 3.8) is 0 Å². The molecule has 2 rings (SSSR count). The topological polar surface area (TPSA) is 20.2 Å². The number of hydrogen-bond donors (Lipinski definition) is 1. The summed E-state index contributed by atoms with van der Waals surface area (Å²) in [5.41, 5.74) is 1.06. The van der Waals surface area contributed by atoms with E-state index in [4.69, 9.17) is 0 Å². The van der Waals surface area contributed by atoms with Gasteiger partial charge < -0.3 is 5.11 Å². The summed E-state index contributed by atoms with van der Waals surface area (Å²) in [6, 6.07) is 10.0. The van der Waals surface area contributed by atoms with E-state index < -0.39 is 0 Å². The van der Waals surface area contributed by atoms with Gasteiger partial charge in [-0.05, 0) is 23.8 Å². The van der Waals surface area contributed by atoms with Crippen LogP contribution in [0.25, 0.3) is 0 Å². The third kappa shape index (κ3) is 2.60. The van der Waals surface area contributed by atoms with Gasteiger partial charge in [0.25, 0.3) is 0 Å². The third-order valence-electron chi connectivity index (χ3n) is 3.61. The normalized spacial score (nSPS) is 20.7. The van der Waals surface area contributed by atoms with Crippen molar-refractivity contribution in [1.82, 2.24) is 0 Å². The molecule has 0 saturated heterocycles. The lowest BCUT2D eigenvalue weighted by Gasteiger charge is -2.30. The number of benzene rings is 1. The second-order valence-electron chi connectivity index (χ2n) is 4.87. The Balaban J connectivity index is 1.91. The molecule has 1 aromatic carbocycles. The first-order chi connectivity index (χ1) is 7.27. The Hall–Kier alpha value is -0.820. The highest BCUT2D eigenvalue weighted by atomic mass is 16.3. The van der Waals surface area contributed by atoms with Gasteiger partial charge in [-0.2, -0.15) is 0 Å². The first kappa shape index (κ1) is 10.7. The van der Waals surface area contributed by atoms with Crippen molar-refractivity contribution in [3.8, 4) is 0 Å². The van der Waals surface area contributed by atoms with Crippen LogP contribution in [0.15, 0.2) is 30.3 Å². The maximum absolute atomic E-state index is 10.2. The number of aliphatic hydroxyl groups excluding tert-OH is 1. The van der Waals surface area contributed by atoms with Crippen LogP contribution in [-0.2, 0) is 0 Å². The average Bonchev–Trinajstić information content (AvgIpc) is 2.23. The molecule has 2 atom stereocenters. The fourth-order valence-corrected chi connectivity index (χ4v) is 2.36. The van der Waals surface area contributed by atoms with Gasteiger partial charge in [-0.3, -0.25) is 0 Å². The SMILES string of the molecule is CC(CC1CCC1)C(O)c1ccccc1. The van der Waals surface area contributed by atoms with Gasteiger partial charge in [-0.15, -0.1) is 0 Å². The minimum atomic E-state index is -0.285. The minimum absolute atomic E-state index is 0.285. The summed E-state index contributed by atoms with van der Waals surface area (Å²) in [4.78, 5) is 0.